The van der Waals surface area contributed by atoms with Gasteiger partial charge in [0, 0.05) is 22.4 Å². The molecule has 0 saturated heterocycles. The van der Waals surface area contributed by atoms with Crippen molar-refractivity contribution in [2.75, 3.05) is 5.32 Å². The zero-order valence-corrected chi connectivity index (χ0v) is 14.9. The van der Waals surface area contributed by atoms with Gasteiger partial charge in [0.05, 0.1) is 0 Å². The average Bonchev–Trinajstić information content (AvgIpc) is 2.50. The van der Waals surface area contributed by atoms with Crippen molar-refractivity contribution in [3.05, 3.63) is 64.7 Å². The monoisotopic (exact) mass is 324 g/mol. The summed E-state index contributed by atoms with van der Waals surface area (Å²) in [4.78, 5) is 24.7. The molecule has 24 heavy (non-hydrogen) atoms. The molecule has 126 valence electrons. The Morgan fingerprint density at radius 3 is 2.08 bits per heavy atom. The van der Waals surface area contributed by atoms with Crippen LogP contribution in [-0.4, -0.2) is 17.4 Å². The molecule has 2 aromatic rings. The van der Waals surface area contributed by atoms with Crippen molar-refractivity contribution in [3.63, 3.8) is 0 Å². The van der Waals surface area contributed by atoms with Gasteiger partial charge in [-0.25, -0.2) is 0 Å². The molecule has 2 N–H and O–H groups in total. The van der Waals surface area contributed by atoms with Crippen LogP contribution < -0.4 is 10.6 Å². The number of hydrogen-bond acceptors (Lipinski definition) is 2. The van der Waals surface area contributed by atoms with Gasteiger partial charge in [0.15, 0.2) is 0 Å². The fourth-order valence-electron chi connectivity index (χ4n) is 2.30. The number of anilines is 1. The van der Waals surface area contributed by atoms with Crippen molar-refractivity contribution in [3.8, 4) is 0 Å². The van der Waals surface area contributed by atoms with Crippen LogP contribution in [0.5, 0.6) is 0 Å². The van der Waals surface area contributed by atoms with E-state index in [4.69, 9.17) is 0 Å². The number of hydrogen-bond donors (Lipinski definition) is 2. The number of carbonyl (C=O) groups excluding carboxylic acids is 2. The van der Waals surface area contributed by atoms with Crippen molar-refractivity contribution in [2.45, 2.75) is 40.2 Å². The second-order valence-electron chi connectivity index (χ2n) is 6.99. The summed E-state index contributed by atoms with van der Waals surface area (Å²) in [6, 6.07) is 12.5. The summed E-state index contributed by atoms with van der Waals surface area (Å²) < 4.78 is 0. The van der Waals surface area contributed by atoms with Gasteiger partial charge in [-0.1, -0.05) is 18.2 Å². The van der Waals surface area contributed by atoms with Crippen LogP contribution in [0.2, 0.25) is 0 Å². The lowest BCUT2D eigenvalue weighted by Gasteiger charge is -2.20. The van der Waals surface area contributed by atoms with Gasteiger partial charge in [-0.2, -0.15) is 0 Å². The summed E-state index contributed by atoms with van der Waals surface area (Å²) in [5.41, 5.74) is 3.53. The average molecular weight is 324 g/mol. The number of amides is 2. The molecule has 0 aliphatic carbocycles. The van der Waals surface area contributed by atoms with Crippen LogP contribution in [0.25, 0.3) is 0 Å². The van der Waals surface area contributed by atoms with Gasteiger partial charge in [0.2, 0.25) is 0 Å². The molecule has 2 rings (SSSR count). The molecule has 4 nitrogen and oxygen atoms in total. The minimum absolute atomic E-state index is 0.191. The minimum Gasteiger partial charge on any atom is -0.347 e. The van der Waals surface area contributed by atoms with Crippen molar-refractivity contribution < 1.29 is 9.59 Å². The highest BCUT2D eigenvalue weighted by molar-refractivity contribution is 6.06. The van der Waals surface area contributed by atoms with Crippen LogP contribution in [0.3, 0.4) is 0 Å². The summed E-state index contributed by atoms with van der Waals surface area (Å²) in [7, 11) is 0. The number of rotatable bonds is 3. The molecule has 0 radical (unpaired) electrons. The van der Waals surface area contributed by atoms with Gasteiger partial charge in [0.25, 0.3) is 11.8 Å². The number of benzene rings is 2. The number of aryl methyl sites for hydroxylation is 1. The summed E-state index contributed by atoms with van der Waals surface area (Å²) in [5.74, 6) is -0.419. The Labute approximate surface area is 143 Å². The molecule has 0 heterocycles. The standard InChI is InChI=1S/C20H24N2O2/c1-13-8-6-11-17(14(13)2)21-18(23)15-9-7-10-16(12-15)19(24)22-20(3,4)5/h6-12H,1-5H3,(H,21,23)(H,22,24). The number of carbonyl (C=O) groups is 2. The van der Waals surface area contributed by atoms with E-state index in [9.17, 15) is 9.59 Å². The normalized spacial score (nSPS) is 11.0. The van der Waals surface area contributed by atoms with E-state index in [1.54, 1.807) is 24.3 Å². The Morgan fingerprint density at radius 1 is 0.875 bits per heavy atom. The molecule has 0 aliphatic heterocycles. The van der Waals surface area contributed by atoms with E-state index in [0.29, 0.717) is 11.1 Å². The molecule has 0 fully saturated rings. The van der Waals surface area contributed by atoms with Crippen molar-refractivity contribution in [1.82, 2.24) is 5.32 Å². The van der Waals surface area contributed by atoms with Crippen molar-refractivity contribution in [1.29, 1.82) is 0 Å². The van der Waals surface area contributed by atoms with Crippen LogP contribution in [0, 0.1) is 13.8 Å². The van der Waals surface area contributed by atoms with Gasteiger partial charge in [0.1, 0.15) is 0 Å². The maximum absolute atomic E-state index is 12.5. The van der Waals surface area contributed by atoms with Crippen LogP contribution in [0.4, 0.5) is 5.69 Å². The lowest BCUT2D eigenvalue weighted by molar-refractivity contribution is 0.0919. The second kappa shape index (κ2) is 6.87. The maximum atomic E-state index is 12.5. The van der Waals surface area contributed by atoms with Crippen molar-refractivity contribution >= 4 is 17.5 Å². The fraction of sp³-hybridized carbons (Fsp3) is 0.300. The van der Waals surface area contributed by atoms with Gasteiger partial charge in [-0.3, -0.25) is 9.59 Å². The van der Waals surface area contributed by atoms with E-state index in [-0.39, 0.29) is 17.4 Å². The van der Waals surface area contributed by atoms with Crippen molar-refractivity contribution in [2.24, 2.45) is 0 Å². The first kappa shape index (κ1) is 17.7. The van der Waals surface area contributed by atoms with Gasteiger partial charge in [-0.15, -0.1) is 0 Å². The Hall–Kier alpha value is -2.62. The van der Waals surface area contributed by atoms with E-state index < -0.39 is 0 Å². The third-order valence-electron chi connectivity index (χ3n) is 3.73. The Bertz CT molecular complexity index is 773. The Kier molecular flexibility index (Phi) is 5.07. The molecule has 0 aromatic heterocycles. The van der Waals surface area contributed by atoms with Crippen LogP contribution in [-0.2, 0) is 0 Å². The molecule has 0 saturated carbocycles. The zero-order valence-electron chi connectivity index (χ0n) is 14.9. The minimum atomic E-state index is -0.325. The lowest BCUT2D eigenvalue weighted by atomic mass is 10.1. The first-order valence-corrected chi connectivity index (χ1v) is 7.97. The number of nitrogens with one attached hydrogen (secondary N) is 2. The van der Waals surface area contributed by atoms with Crippen LogP contribution in [0.15, 0.2) is 42.5 Å². The summed E-state index contributed by atoms with van der Waals surface area (Å²) in [6.45, 7) is 9.73. The zero-order chi connectivity index (χ0) is 17.9. The Balaban J connectivity index is 2.20. The second-order valence-corrected chi connectivity index (χ2v) is 6.99. The summed E-state index contributed by atoms with van der Waals surface area (Å²) in [6.07, 6.45) is 0. The molecule has 0 bridgehead atoms. The molecular weight excluding hydrogens is 300 g/mol. The molecular formula is C20H24N2O2. The maximum Gasteiger partial charge on any atom is 0.255 e. The quantitative estimate of drug-likeness (QED) is 0.893. The predicted octanol–water partition coefficient (Wildman–Crippen LogP) is 4.08. The van der Waals surface area contributed by atoms with Crippen LogP contribution in [0.1, 0.15) is 52.6 Å². The third kappa shape index (κ3) is 4.44. The van der Waals surface area contributed by atoms with E-state index in [1.807, 2.05) is 52.8 Å². The largest absolute Gasteiger partial charge is 0.347 e. The molecule has 0 spiro atoms. The van der Waals surface area contributed by atoms with Gasteiger partial charge in [-0.05, 0) is 70.0 Å². The van der Waals surface area contributed by atoms with E-state index in [1.165, 1.54) is 0 Å². The predicted molar refractivity (Wildman–Crippen MR) is 97.5 cm³/mol. The highest BCUT2D eigenvalue weighted by atomic mass is 16.2. The fourth-order valence-corrected chi connectivity index (χ4v) is 2.30. The molecule has 0 unspecified atom stereocenters. The molecule has 2 aromatic carbocycles. The van der Waals surface area contributed by atoms with E-state index in [0.717, 1.165) is 16.8 Å². The Morgan fingerprint density at radius 2 is 1.46 bits per heavy atom. The molecule has 2 amide bonds. The van der Waals surface area contributed by atoms with E-state index in [2.05, 4.69) is 10.6 Å². The smallest absolute Gasteiger partial charge is 0.255 e. The highest BCUT2D eigenvalue weighted by Gasteiger charge is 2.16. The molecule has 0 atom stereocenters. The lowest BCUT2D eigenvalue weighted by Crippen LogP contribution is -2.40. The summed E-state index contributed by atoms with van der Waals surface area (Å²) >= 11 is 0. The first-order chi connectivity index (χ1) is 11.2. The van der Waals surface area contributed by atoms with Gasteiger partial charge >= 0.3 is 0 Å². The first-order valence-electron chi connectivity index (χ1n) is 7.97. The van der Waals surface area contributed by atoms with E-state index >= 15 is 0 Å². The molecule has 4 heteroatoms. The molecule has 0 aliphatic rings. The SMILES string of the molecule is Cc1cccc(NC(=O)c2cccc(C(=O)NC(C)(C)C)c2)c1C. The highest BCUT2D eigenvalue weighted by Crippen LogP contribution is 2.19. The van der Waals surface area contributed by atoms with Crippen LogP contribution >= 0.6 is 0 Å². The topological polar surface area (TPSA) is 58.2 Å². The summed E-state index contributed by atoms with van der Waals surface area (Å²) in [5, 5.41) is 5.81. The van der Waals surface area contributed by atoms with Gasteiger partial charge < -0.3 is 10.6 Å². The third-order valence-corrected chi connectivity index (χ3v) is 3.73.